The monoisotopic (exact) mass is 530 g/mol. The van der Waals surface area contributed by atoms with Crippen molar-refractivity contribution < 1.29 is 0 Å². The molecule has 6 aromatic carbocycles. The van der Waals surface area contributed by atoms with Crippen molar-refractivity contribution >= 4 is 64.1 Å². The average Bonchev–Trinajstić information content (AvgIpc) is 3.40. The molecular formula is C37H26N2S. The van der Waals surface area contributed by atoms with E-state index in [1.165, 1.54) is 47.6 Å². The van der Waals surface area contributed by atoms with Crippen molar-refractivity contribution in [2.45, 2.75) is 19.8 Å². The van der Waals surface area contributed by atoms with Crippen molar-refractivity contribution in [2.75, 3.05) is 0 Å². The van der Waals surface area contributed by atoms with E-state index in [2.05, 4.69) is 123 Å². The van der Waals surface area contributed by atoms with Gasteiger partial charge in [-0.1, -0.05) is 117 Å². The number of hydrogen-bond acceptors (Lipinski definition) is 3. The van der Waals surface area contributed by atoms with E-state index < -0.39 is 0 Å². The summed E-state index contributed by atoms with van der Waals surface area (Å²) in [6, 6.07) is 39.2. The Morgan fingerprint density at radius 2 is 1.15 bits per heavy atom. The van der Waals surface area contributed by atoms with Crippen molar-refractivity contribution in [3.63, 3.8) is 0 Å². The zero-order valence-corrected chi connectivity index (χ0v) is 23.2. The molecule has 8 aromatic rings. The van der Waals surface area contributed by atoms with Crippen molar-refractivity contribution in [3.8, 4) is 22.4 Å². The Kier molecular flexibility index (Phi) is 5.23. The van der Waals surface area contributed by atoms with Crippen LogP contribution < -0.4 is 0 Å². The molecule has 40 heavy (non-hydrogen) atoms. The van der Waals surface area contributed by atoms with E-state index in [-0.39, 0.29) is 0 Å². The molecular weight excluding hydrogens is 504 g/mol. The molecule has 0 atom stereocenters. The highest BCUT2D eigenvalue weighted by Gasteiger charge is 2.16. The maximum atomic E-state index is 5.23. The maximum absolute atomic E-state index is 5.23. The highest BCUT2D eigenvalue weighted by molar-refractivity contribution is 7.26. The molecule has 2 heterocycles. The Balaban J connectivity index is 1.32. The quantitative estimate of drug-likeness (QED) is 0.212. The van der Waals surface area contributed by atoms with Crippen LogP contribution in [0.25, 0.3) is 75.1 Å². The first-order chi connectivity index (χ1) is 19.7. The van der Waals surface area contributed by atoms with Crippen LogP contribution >= 0.6 is 11.3 Å². The van der Waals surface area contributed by atoms with Gasteiger partial charge in [0.1, 0.15) is 0 Å². The van der Waals surface area contributed by atoms with Gasteiger partial charge in [0, 0.05) is 36.5 Å². The number of aromatic nitrogens is 2. The van der Waals surface area contributed by atoms with Crippen LogP contribution in [0.1, 0.15) is 25.3 Å². The Hall–Kier alpha value is -4.60. The topological polar surface area (TPSA) is 25.8 Å². The summed E-state index contributed by atoms with van der Waals surface area (Å²) in [4.78, 5) is 10.2. The van der Waals surface area contributed by atoms with Crippen LogP contribution in [-0.4, -0.2) is 9.97 Å². The molecule has 0 unspecified atom stereocenters. The molecule has 0 aliphatic carbocycles. The summed E-state index contributed by atoms with van der Waals surface area (Å²) >= 11 is 1.92. The SMILES string of the molecule is CC(C)c1cccc2c1sc1c(-c3cccc(-c4cnc5c6ccccc6c6ccccc6c5n4)c3)cccc12. The zero-order valence-electron chi connectivity index (χ0n) is 22.3. The predicted octanol–water partition coefficient (Wildman–Crippen LogP) is 10.8. The van der Waals surface area contributed by atoms with Gasteiger partial charge in [0.05, 0.1) is 22.9 Å². The van der Waals surface area contributed by atoms with Crippen LogP contribution in [0.3, 0.4) is 0 Å². The minimum Gasteiger partial charge on any atom is -0.252 e. The molecule has 2 nitrogen and oxygen atoms in total. The fourth-order valence-electron chi connectivity index (χ4n) is 6.13. The van der Waals surface area contributed by atoms with Crippen LogP contribution in [0.5, 0.6) is 0 Å². The van der Waals surface area contributed by atoms with Crippen molar-refractivity contribution in [3.05, 3.63) is 121 Å². The first kappa shape index (κ1) is 23.3. The summed E-state index contributed by atoms with van der Waals surface area (Å²) in [6.07, 6.45) is 1.93. The van der Waals surface area contributed by atoms with E-state index in [9.17, 15) is 0 Å². The van der Waals surface area contributed by atoms with Gasteiger partial charge in [-0.05, 0) is 39.4 Å². The Morgan fingerprint density at radius 3 is 1.90 bits per heavy atom. The van der Waals surface area contributed by atoms with E-state index in [0.717, 1.165) is 33.1 Å². The number of hydrogen-bond donors (Lipinski definition) is 0. The average molecular weight is 531 g/mol. The van der Waals surface area contributed by atoms with E-state index in [1.807, 2.05) is 17.5 Å². The van der Waals surface area contributed by atoms with Gasteiger partial charge >= 0.3 is 0 Å². The summed E-state index contributed by atoms with van der Waals surface area (Å²) in [6.45, 7) is 4.56. The first-order valence-corrected chi connectivity index (χ1v) is 14.6. The van der Waals surface area contributed by atoms with E-state index >= 15 is 0 Å². The van der Waals surface area contributed by atoms with Crippen molar-refractivity contribution in [1.29, 1.82) is 0 Å². The lowest BCUT2D eigenvalue weighted by molar-refractivity contribution is 0.878. The second-order valence-corrected chi connectivity index (χ2v) is 11.8. The third-order valence-corrected chi connectivity index (χ3v) is 9.38. The molecule has 2 aromatic heterocycles. The molecule has 0 spiro atoms. The number of thiophene rings is 1. The van der Waals surface area contributed by atoms with Crippen molar-refractivity contribution in [2.24, 2.45) is 0 Å². The van der Waals surface area contributed by atoms with E-state index in [1.54, 1.807) is 0 Å². The van der Waals surface area contributed by atoms with Crippen LogP contribution in [0.2, 0.25) is 0 Å². The fourth-order valence-corrected chi connectivity index (χ4v) is 7.63. The second-order valence-electron chi connectivity index (χ2n) is 10.8. The Morgan fingerprint density at radius 1 is 0.550 bits per heavy atom. The van der Waals surface area contributed by atoms with Crippen LogP contribution in [-0.2, 0) is 0 Å². The maximum Gasteiger partial charge on any atom is 0.0979 e. The number of rotatable bonds is 3. The summed E-state index contributed by atoms with van der Waals surface area (Å²) in [5.74, 6) is 0.489. The van der Waals surface area contributed by atoms with Gasteiger partial charge in [0.15, 0.2) is 0 Å². The van der Waals surface area contributed by atoms with Crippen LogP contribution in [0, 0.1) is 0 Å². The molecule has 190 valence electrons. The first-order valence-electron chi connectivity index (χ1n) is 13.8. The van der Waals surface area contributed by atoms with Gasteiger partial charge in [-0.25, -0.2) is 4.98 Å². The van der Waals surface area contributed by atoms with E-state index in [4.69, 9.17) is 9.97 Å². The number of fused-ring (bicyclic) bond motifs is 9. The highest BCUT2D eigenvalue weighted by Crippen LogP contribution is 2.43. The lowest BCUT2D eigenvalue weighted by Gasteiger charge is -2.11. The number of benzene rings is 6. The fraction of sp³-hybridized carbons (Fsp3) is 0.0811. The van der Waals surface area contributed by atoms with Crippen LogP contribution in [0.15, 0.2) is 115 Å². The Labute approximate surface area is 236 Å². The molecule has 0 aliphatic heterocycles. The third-order valence-electron chi connectivity index (χ3n) is 8.07. The third kappa shape index (κ3) is 3.48. The van der Waals surface area contributed by atoms with Gasteiger partial charge in [0.25, 0.3) is 0 Å². The molecule has 0 bridgehead atoms. The van der Waals surface area contributed by atoms with Gasteiger partial charge in [-0.15, -0.1) is 11.3 Å². The largest absolute Gasteiger partial charge is 0.252 e. The lowest BCUT2D eigenvalue weighted by Crippen LogP contribution is -1.92. The molecule has 0 aliphatic rings. The zero-order chi connectivity index (χ0) is 26.8. The van der Waals surface area contributed by atoms with Gasteiger partial charge in [-0.3, -0.25) is 4.98 Å². The standard InChI is InChI=1S/C37H26N2S/c1-22(2)25-16-8-18-31-32-19-9-17-26(37(32)40-36(25)31)23-10-7-11-24(20-23)33-21-38-34-29-14-5-3-12-27(29)28-13-4-6-15-30(28)35(34)39-33/h3-22H,1-2H3. The molecule has 0 radical (unpaired) electrons. The number of nitrogens with zero attached hydrogens (tertiary/aromatic N) is 2. The molecule has 0 amide bonds. The van der Waals surface area contributed by atoms with Gasteiger partial charge < -0.3 is 0 Å². The summed E-state index contributed by atoms with van der Waals surface area (Å²) in [7, 11) is 0. The Bertz CT molecular complexity index is 2220. The molecule has 0 saturated carbocycles. The normalized spacial score (nSPS) is 12.0. The summed E-state index contributed by atoms with van der Waals surface area (Å²) in [5, 5.41) is 7.38. The molecule has 0 N–H and O–H groups in total. The highest BCUT2D eigenvalue weighted by atomic mass is 32.1. The second kappa shape index (κ2) is 8.97. The molecule has 8 rings (SSSR count). The van der Waals surface area contributed by atoms with E-state index in [0.29, 0.717) is 5.92 Å². The summed E-state index contributed by atoms with van der Waals surface area (Å²) < 4.78 is 2.74. The lowest BCUT2D eigenvalue weighted by atomic mass is 9.97. The van der Waals surface area contributed by atoms with Gasteiger partial charge in [0.2, 0.25) is 0 Å². The molecule has 0 saturated heterocycles. The van der Waals surface area contributed by atoms with Crippen molar-refractivity contribution in [1.82, 2.24) is 9.97 Å². The predicted molar refractivity (Wildman–Crippen MR) is 172 cm³/mol. The van der Waals surface area contributed by atoms with Gasteiger partial charge in [-0.2, -0.15) is 0 Å². The smallest absolute Gasteiger partial charge is 0.0979 e. The minimum atomic E-state index is 0.489. The summed E-state index contributed by atoms with van der Waals surface area (Å²) in [5.41, 5.74) is 7.75. The minimum absolute atomic E-state index is 0.489. The van der Waals surface area contributed by atoms with Crippen LogP contribution in [0.4, 0.5) is 0 Å². The molecule has 3 heteroatoms. The molecule has 0 fully saturated rings.